The molecule has 146 valence electrons. The van der Waals surface area contributed by atoms with E-state index < -0.39 is 10.0 Å². The molecule has 3 aromatic rings. The maximum absolute atomic E-state index is 12.6. The van der Waals surface area contributed by atoms with Crippen molar-refractivity contribution in [2.45, 2.75) is 38.8 Å². The fourth-order valence-corrected chi connectivity index (χ4v) is 4.78. The van der Waals surface area contributed by atoms with Gasteiger partial charge in [0, 0.05) is 5.56 Å². The number of benzene rings is 2. The zero-order valence-corrected chi connectivity index (χ0v) is 16.8. The van der Waals surface area contributed by atoms with Gasteiger partial charge in [0.05, 0.1) is 18.8 Å². The van der Waals surface area contributed by atoms with Gasteiger partial charge in [-0.2, -0.15) is 9.29 Å². The summed E-state index contributed by atoms with van der Waals surface area (Å²) in [5.41, 5.74) is 4.26. The second-order valence-electron chi connectivity index (χ2n) is 7.29. The van der Waals surface area contributed by atoms with E-state index in [2.05, 4.69) is 16.2 Å². The molecular formula is C21H23N3O3S. The number of fused-ring (bicyclic) bond motifs is 1. The molecule has 2 aromatic carbocycles. The van der Waals surface area contributed by atoms with E-state index in [-0.39, 0.29) is 12.6 Å². The molecule has 0 fully saturated rings. The predicted octanol–water partition coefficient (Wildman–Crippen LogP) is 3.88. The Morgan fingerprint density at radius 2 is 1.89 bits per heavy atom. The number of hydrogen-bond acceptors (Lipinski definition) is 5. The highest BCUT2D eigenvalue weighted by atomic mass is 32.2. The Morgan fingerprint density at radius 1 is 1.14 bits per heavy atom. The van der Waals surface area contributed by atoms with Crippen LogP contribution in [0, 0.1) is 6.92 Å². The van der Waals surface area contributed by atoms with Gasteiger partial charge in [0.2, 0.25) is 21.7 Å². The Bertz CT molecular complexity index is 1070. The van der Waals surface area contributed by atoms with Crippen LogP contribution >= 0.6 is 0 Å². The van der Waals surface area contributed by atoms with Gasteiger partial charge in [0.25, 0.3) is 0 Å². The highest BCUT2D eigenvalue weighted by Crippen LogP contribution is 2.36. The molecule has 1 atom stereocenters. The van der Waals surface area contributed by atoms with Gasteiger partial charge < -0.3 is 4.52 Å². The van der Waals surface area contributed by atoms with Gasteiger partial charge in [0.1, 0.15) is 0 Å². The molecule has 0 bridgehead atoms. The van der Waals surface area contributed by atoms with E-state index in [1.807, 2.05) is 49.4 Å². The van der Waals surface area contributed by atoms with Crippen LogP contribution in [0.3, 0.4) is 0 Å². The fourth-order valence-electron chi connectivity index (χ4n) is 3.76. The highest BCUT2D eigenvalue weighted by Gasteiger charge is 2.33. The summed E-state index contributed by atoms with van der Waals surface area (Å²) in [5, 5.41) is 4.03. The monoisotopic (exact) mass is 397 g/mol. The molecule has 0 radical (unpaired) electrons. The molecule has 1 aliphatic carbocycles. The van der Waals surface area contributed by atoms with Crippen LogP contribution in [0.1, 0.15) is 41.5 Å². The molecule has 1 heterocycles. The normalized spacial score (nSPS) is 16.9. The molecule has 28 heavy (non-hydrogen) atoms. The van der Waals surface area contributed by atoms with Gasteiger partial charge >= 0.3 is 0 Å². The zero-order chi connectivity index (χ0) is 19.7. The number of nitrogens with zero attached hydrogens (tertiary/aromatic N) is 3. The number of rotatable bonds is 5. The van der Waals surface area contributed by atoms with Gasteiger partial charge in [0.15, 0.2) is 0 Å². The minimum atomic E-state index is -3.46. The highest BCUT2D eigenvalue weighted by molar-refractivity contribution is 7.88. The average molecular weight is 398 g/mol. The summed E-state index contributed by atoms with van der Waals surface area (Å²) in [7, 11) is -3.46. The van der Waals surface area contributed by atoms with Crippen molar-refractivity contribution in [3.8, 4) is 11.4 Å². The van der Waals surface area contributed by atoms with Crippen molar-refractivity contribution in [1.29, 1.82) is 0 Å². The van der Waals surface area contributed by atoms with E-state index in [1.54, 1.807) is 0 Å². The second-order valence-corrected chi connectivity index (χ2v) is 9.23. The minimum absolute atomic E-state index is 0.0662. The van der Waals surface area contributed by atoms with Crippen molar-refractivity contribution in [1.82, 2.24) is 14.4 Å². The fraction of sp³-hybridized carbons (Fsp3) is 0.333. The SMILES string of the molecule is Cc1ccc(-c2noc(CN([C@@H]3CCCc4ccccc43)S(C)(=O)=O)n2)cc1. The third kappa shape index (κ3) is 3.86. The van der Waals surface area contributed by atoms with Crippen molar-refractivity contribution in [3.63, 3.8) is 0 Å². The van der Waals surface area contributed by atoms with E-state index in [9.17, 15) is 8.42 Å². The van der Waals surface area contributed by atoms with Crippen LogP contribution in [0.25, 0.3) is 11.4 Å². The van der Waals surface area contributed by atoms with Gasteiger partial charge in [-0.05, 0) is 37.3 Å². The Morgan fingerprint density at radius 3 is 2.64 bits per heavy atom. The van der Waals surface area contributed by atoms with E-state index >= 15 is 0 Å². The number of aryl methyl sites for hydroxylation is 2. The summed E-state index contributed by atoms with van der Waals surface area (Å²) in [6, 6.07) is 15.6. The molecule has 0 spiro atoms. The molecule has 7 heteroatoms. The molecule has 0 amide bonds. The summed E-state index contributed by atoms with van der Waals surface area (Å²) in [6.07, 6.45) is 3.94. The second kappa shape index (κ2) is 7.48. The van der Waals surface area contributed by atoms with Crippen LogP contribution in [0.15, 0.2) is 53.1 Å². The van der Waals surface area contributed by atoms with Gasteiger partial charge in [-0.3, -0.25) is 0 Å². The van der Waals surface area contributed by atoms with Crippen LogP contribution in [-0.4, -0.2) is 29.1 Å². The van der Waals surface area contributed by atoms with E-state index in [1.165, 1.54) is 16.1 Å². The van der Waals surface area contributed by atoms with Crippen molar-refractivity contribution >= 4 is 10.0 Å². The smallest absolute Gasteiger partial charge is 0.242 e. The lowest BCUT2D eigenvalue weighted by Gasteiger charge is -2.33. The molecular weight excluding hydrogens is 374 g/mol. The average Bonchev–Trinajstić information content (AvgIpc) is 3.14. The predicted molar refractivity (Wildman–Crippen MR) is 107 cm³/mol. The summed E-state index contributed by atoms with van der Waals surface area (Å²) in [4.78, 5) is 4.43. The zero-order valence-electron chi connectivity index (χ0n) is 16.0. The summed E-state index contributed by atoms with van der Waals surface area (Å²) < 4.78 is 32.1. The first-order valence-electron chi connectivity index (χ1n) is 9.36. The number of hydrogen-bond donors (Lipinski definition) is 0. The maximum atomic E-state index is 12.6. The molecule has 1 aliphatic rings. The third-order valence-electron chi connectivity index (χ3n) is 5.18. The van der Waals surface area contributed by atoms with Crippen molar-refractivity contribution in [2.24, 2.45) is 0 Å². The standard InChI is InChI=1S/C21H23N3O3S/c1-15-10-12-17(13-11-15)21-22-20(27-23-21)14-24(28(2,25)26)19-9-5-7-16-6-3-4-8-18(16)19/h3-4,6,8,10-13,19H,5,7,9,14H2,1-2H3/t19-/m1/s1. The topological polar surface area (TPSA) is 76.3 Å². The van der Waals surface area contributed by atoms with Crippen molar-refractivity contribution in [3.05, 3.63) is 71.1 Å². The van der Waals surface area contributed by atoms with Crippen LogP contribution < -0.4 is 0 Å². The largest absolute Gasteiger partial charge is 0.338 e. The van der Waals surface area contributed by atoms with Gasteiger partial charge in [-0.25, -0.2) is 8.42 Å². The molecule has 0 saturated carbocycles. The van der Waals surface area contributed by atoms with Gasteiger partial charge in [-0.15, -0.1) is 0 Å². The number of aromatic nitrogens is 2. The Labute approximate surface area is 165 Å². The minimum Gasteiger partial charge on any atom is -0.338 e. The Balaban J connectivity index is 1.63. The van der Waals surface area contributed by atoms with Crippen LogP contribution in [0.4, 0.5) is 0 Å². The van der Waals surface area contributed by atoms with Gasteiger partial charge in [-0.1, -0.05) is 59.3 Å². The molecule has 0 N–H and O–H groups in total. The number of sulfonamides is 1. The lowest BCUT2D eigenvalue weighted by molar-refractivity contribution is 0.251. The summed E-state index contributed by atoms with van der Waals surface area (Å²) in [5.74, 6) is 0.761. The summed E-state index contributed by atoms with van der Waals surface area (Å²) >= 11 is 0. The first-order chi connectivity index (χ1) is 13.4. The van der Waals surface area contributed by atoms with E-state index in [4.69, 9.17) is 4.52 Å². The maximum Gasteiger partial charge on any atom is 0.242 e. The molecule has 0 unspecified atom stereocenters. The quantitative estimate of drug-likeness (QED) is 0.653. The lowest BCUT2D eigenvalue weighted by atomic mass is 9.88. The molecule has 0 aliphatic heterocycles. The third-order valence-corrected chi connectivity index (χ3v) is 6.42. The molecule has 1 aromatic heterocycles. The first kappa shape index (κ1) is 18.8. The van der Waals surface area contributed by atoms with E-state index in [0.717, 1.165) is 36.0 Å². The lowest BCUT2D eigenvalue weighted by Crippen LogP contribution is -2.35. The van der Waals surface area contributed by atoms with Crippen LogP contribution in [0.2, 0.25) is 0 Å². The van der Waals surface area contributed by atoms with E-state index in [0.29, 0.717) is 11.7 Å². The molecule has 6 nitrogen and oxygen atoms in total. The molecule has 4 rings (SSSR count). The molecule has 0 saturated heterocycles. The van der Waals surface area contributed by atoms with Crippen LogP contribution in [0.5, 0.6) is 0 Å². The van der Waals surface area contributed by atoms with Crippen molar-refractivity contribution in [2.75, 3.05) is 6.26 Å². The summed E-state index contributed by atoms with van der Waals surface area (Å²) in [6.45, 7) is 2.08. The Kier molecular flexibility index (Phi) is 5.03. The van der Waals surface area contributed by atoms with Crippen LogP contribution in [-0.2, 0) is 23.0 Å². The Hall–Kier alpha value is -2.51. The van der Waals surface area contributed by atoms with Crippen molar-refractivity contribution < 1.29 is 12.9 Å². The first-order valence-corrected chi connectivity index (χ1v) is 11.2.